The summed E-state index contributed by atoms with van der Waals surface area (Å²) in [6.07, 6.45) is 2.44. The first kappa shape index (κ1) is 13.7. The number of hydrogen-bond acceptors (Lipinski definition) is 6. The van der Waals surface area contributed by atoms with Gasteiger partial charge in [-0.25, -0.2) is 0 Å². The van der Waals surface area contributed by atoms with Crippen molar-refractivity contribution in [2.24, 2.45) is 0 Å². The van der Waals surface area contributed by atoms with Gasteiger partial charge in [0, 0.05) is 6.04 Å². The Balaban J connectivity index is 1.85. The lowest BCUT2D eigenvalue weighted by molar-refractivity contribution is -0.119. The zero-order chi connectivity index (χ0) is 13.7. The fraction of sp³-hybridized carbons (Fsp3) is 0.417. The maximum Gasteiger partial charge on any atom is 0.284 e. The Labute approximate surface area is 115 Å². The molecule has 0 spiro atoms. The molecular weight excluding hydrogens is 266 g/mol. The zero-order valence-electron chi connectivity index (χ0n) is 10.8. The molecule has 6 nitrogen and oxygen atoms in total. The molecule has 2 aromatic heterocycles. The summed E-state index contributed by atoms with van der Waals surface area (Å²) in [6, 6.07) is 3.65. The van der Waals surface area contributed by atoms with E-state index in [1.165, 1.54) is 18.0 Å². The summed E-state index contributed by atoms with van der Waals surface area (Å²) in [6.45, 7) is 3.98. The maximum atomic E-state index is 11.6. The summed E-state index contributed by atoms with van der Waals surface area (Å²) in [5.74, 6) is 1.04. The van der Waals surface area contributed by atoms with Crippen molar-refractivity contribution < 1.29 is 13.6 Å². The molecule has 2 rings (SSSR count). The van der Waals surface area contributed by atoms with Crippen molar-refractivity contribution in [2.45, 2.75) is 31.5 Å². The van der Waals surface area contributed by atoms with E-state index in [9.17, 15) is 4.79 Å². The third-order valence-electron chi connectivity index (χ3n) is 2.48. The van der Waals surface area contributed by atoms with Gasteiger partial charge in [0.15, 0.2) is 5.76 Å². The predicted octanol–water partition coefficient (Wildman–Crippen LogP) is 2.34. The Kier molecular flexibility index (Phi) is 4.62. The van der Waals surface area contributed by atoms with Crippen LogP contribution in [-0.2, 0) is 4.79 Å². The van der Waals surface area contributed by atoms with Crippen molar-refractivity contribution in [1.82, 2.24) is 15.5 Å². The van der Waals surface area contributed by atoms with Gasteiger partial charge < -0.3 is 14.2 Å². The SMILES string of the molecule is CC[C@H](C)NC(=O)CSc1nnc(-c2ccco2)o1. The van der Waals surface area contributed by atoms with Crippen molar-refractivity contribution >= 4 is 17.7 Å². The van der Waals surface area contributed by atoms with Gasteiger partial charge in [-0.05, 0) is 25.5 Å². The summed E-state index contributed by atoms with van der Waals surface area (Å²) in [7, 11) is 0. The molecule has 0 aromatic carbocycles. The Hall–Kier alpha value is -1.76. The van der Waals surface area contributed by atoms with Gasteiger partial charge in [-0.3, -0.25) is 4.79 Å². The van der Waals surface area contributed by atoms with Crippen LogP contribution < -0.4 is 5.32 Å². The number of carbonyl (C=O) groups is 1. The van der Waals surface area contributed by atoms with Crippen molar-refractivity contribution in [1.29, 1.82) is 0 Å². The number of furan rings is 1. The van der Waals surface area contributed by atoms with Gasteiger partial charge in [0.2, 0.25) is 5.91 Å². The van der Waals surface area contributed by atoms with E-state index >= 15 is 0 Å². The average molecular weight is 281 g/mol. The van der Waals surface area contributed by atoms with Crippen LogP contribution >= 0.6 is 11.8 Å². The van der Waals surface area contributed by atoms with Crippen LogP contribution in [0.15, 0.2) is 32.5 Å². The lowest BCUT2D eigenvalue weighted by atomic mass is 10.3. The van der Waals surface area contributed by atoms with Crippen molar-refractivity contribution in [3.05, 3.63) is 18.4 Å². The monoisotopic (exact) mass is 281 g/mol. The van der Waals surface area contributed by atoms with Gasteiger partial charge in [0.05, 0.1) is 12.0 Å². The lowest BCUT2D eigenvalue weighted by Crippen LogP contribution is -2.33. The molecule has 0 radical (unpaired) electrons. The lowest BCUT2D eigenvalue weighted by Gasteiger charge is -2.09. The molecule has 0 fully saturated rings. The minimum atomic E-state index is -0.0444. The van der Waals surface area contributed by atoms with Gasteiger partial charge in [-0.1, -0.05) is 18.7 Å². The Morgan fingerprint density at radius 2 is 2.37 bits per heavy atom. The molecule has 102 valence electrons. The van der Waals surface area contributed by atoms with Crippen LogP contribution in [0.4, 0.5) is 0 Å². The molecule has 0 aliphatic carbocycles. The first-order valence-corrected chi connectivity index (χ1v) is 6.97. The largest absolute Gasteiger partial charge is 0.459 e. The minimum Gasteiger partial charge on any atom is -0.459 e. The van der Waals surface area contributed by atoms with E-state index in [1.807, 2.05) is 13.8 Å². The van der Waals surface area contributed by atoms with Gasteiger partial charge >= 0.3 is 0 Å². The normalized spacial score (nSPS) is 12.3. The van der Waals surface area contributed by atoms with Gasteiger partial charge in [-0.2, -0.15) is 0 Å². The number of nitrogens with zero attached hydrogens (tertiary/aromatic N) is 2. The molecule has 1 N–H and O–H groups in total. The first-order chi connectivity index (χ1) is 9.19. The summed E-state index contributed by atoms with van der Waals surface area (Å²) >= 11 is 1.21. The quantitative estimate of drug-likeness (QED) is 0.818. The molecule has 0 saturated carbocycles. The highest BCUT2D eigenvalue weighted by molar-refractivity contribution is 7.99. The van der Waals surface area contributed by atoms with E-state index in [0.29, 0.717) is 16.9 Å². The van der Waals surface area contributed by atoms with Crippen molar-refractivity contribution in [3.8, 4) is 11.7 Å². The molecule has 0 aliphatic rings. The van der Waals surface area contributed by atoms with Crippen molar-refractivity contribution in [2.75, 3.05) is 5.75 Å². The van der Waals surface area contributed by atoms with Crippen molar-refractivity contribution in [3.63, 3.8) is 0 Å². The van der Waals surface area contributed by atoms with E-state index in [4.69, 9.17) is 8.83 Å². The van der Waals surface area contributed by atoms with Crippen LogP contribution in [0.5, 0.6) is 0 Å². The number of hydrogen-bond donors (Lipinski definition) is 1. The topological polar surface area (TPSA) is 81.2 Å². The first-order valence-electron chi connectivity index (χ1n) is 5.98. The molecule has 0 bridgehead atoms. The van der Waals surface area contributed by atoms with Gasteiger partial charge in [0.25, 0.3) is 11.1 Å². The van der Waals surface area contributed by atoms with E-state index in [1.54, 1.807) is 12.1 Å². The summed E-state index contributed by atoms with van der Waals surface area (Å²) in [4.78, 5) is 11.6. The van der Waals surface area contributed by atoms with Gasteiger partial charge in [0.1, 0.15) is 0 Å². The van der Waals surface area contributed by atoms with Gasteiger partial charge in [-0.15, -0.1) is 10.2 Å². The maximum absolute atomic E-state index is 11.6. The summed E-state index contributed by atoms with van der Waals surface area (Å²) in [5, 5.41) is 10.9. The molecule has 1 amide bonds. The number of thioether (sulfide) groups is 1. The Morgan fingerprint density at radius 3 is 3.05 bits per heavy atom. The molecule has 2 aromatic rings. The number of carbonyl (C=O) groups excluding carboxylic acids is 1. The van der Waals surface area contributed by atoms with Crippen LogP contribution in [0, 0.1) is 0 Å². The summed E-state index contributed by atoms with van der Waals surface area (Å²) < 4.78 is 10.5. The molecule has 0 saturated heterocycles. The smallest absolute Gasteiger partial charge is 0.284 e. The molecule has 0 aliphatic heterocycles. The zero-order valence-corrected chi connectivity index (χ0v) is 11.6. The standard InChI is InChI=1S/C12H15N3O3S/c1-3-8(2)13-10(16)7-19-12-15-14-11(18-12)9-5-4-6-17-9/h4-6,8H,3,7H2,1-2H3,(H,13,16)/t8-/m0/s1. The number of aromatic nitrogens is 2. The van der Waals surface area contributed by atoms with E-state index in [0.717, 1.165) is 6.42 Å². The Bertz CT molecular complexity index is 524. The van der Waals surface area contributed by atoms with Crippen LogP contribution in [0.25, 0.3) is 11.7 Å². The third kappa shape index (κ3) is 3.85. The second kappa shape index (κ2) is 6.42. The molecule has 2 heterocycles. The third-order valence-corrected chi connectivity index (χ3v) is 3.30. The van der Waals surface area contributed by atoms with Crippen LogP contribution in [0.2, 0.25) is 0 Å². The second-order valence-electron chi connectivity index (χ2n) is 4.02. The Morgan fingerprint density at radius 1 is 1.53 bits per heavy atom. The minimum absolute atomic E-state index is 0.0444. The highest BCUT2D eigenvalue weighted by Gasteiger charge is 2.13. The van der Waals surface area contributed by atoms with Crippen LogP contribution in [0.3, 0.4) is 0 Å². The highest BCUT2D eigenvalue weighted by Crippen LogP contribution is 2.23. The van der Waals surface area contributed by atoms with E-state index < -0.39 is 0 Å². The van der Waals surface area contributed by atoms with E-state index in [-0.39, 0.29) is 17.7 Å². The number of rotatable bonds is 6. The molecule has 19 heavy (non-hydrogen) atoms. The molecule has 1 atom stereocenters. The number of nitrogens with one attached hydrogen (secondary N) is 1. The molecule has 0 unspecified atom stereocenters. The molecular formula is C12H15N3O3S. The van der Waals surface area contributed by atoms with E-state index in [2.05, 4.69) is 15.5 Å². The van der Waals surface area contributed by atoms with Crippen LogP contribution in [0.1, 0.15) is 20.3 Å². The van der Waals surface area contributed by atoms with Crippen LogP contribution in [-0.4, -0.2) is 27.9 Å². The predicted molar refractivity (Wildman–Crippen MR) is 70.6 cm³/mol. The number of amides is 1. The fourth-order valence-electron chi connectivity index (χ4n) is 1.31. The molecule has 7 heteroatoms. The fourth-order valence-corrected chi connectivity index (χ4v) is 1.89. The second-order valence-corrected chi connectivity index (χ2v) is 4.94. The highest BCUT2D eigenvalue weighted by atomic mass is 32.2. The summed E-state index contributed by atoms with van der Waals surface area (Å²) in [5.41, 5.74) is 0. The average Bonchev–Trinajstić information content (AvgIpc) is 3.06.